The normalized spacial score (nSPS) is 17.8. The third-order valence-corrected chi connectivity index (χ3v) is 10.6. The van der Waals surface area contributed by atoms with Crippen LogP contribution in [0.5, 0.6) is 0 Å². The summed E-state index contributed by atoms with van der Waals surface area (Å²) in [6.45, 7) is 8.64. The lowest BCUT2D eigenvalue weighted by molar-refractivity contribution is -0.136. The topological polar surface area (TPSA) is 198 Å². The Morgan fingerprint density at radius 2 is 1.18 bits per heavy atom. The zero-order valence-electron chi connectivity index (χ0n) is 32.6. The maximum Gasteiger partial charge on any atom is 0.407 e. The van der Waals surface area contributed by atoms with Gasteiger partial charge in [0.05, 0.1) is 61.7 Å². The number of methoxy groups -OCH3 is 2. The molecular formula is C41H49N9O6. The third-order valence-electron chi connectivity index (χ3n) is 10.6. The zero-order chi connectivity index (χ0) is 40.1. The molecule has 0 bridgehead atoms. The van der Waals surface area contributed by atoms with E-state index in [0.717, 1.165) is 59.3 Å². The number of amides is 4. The van der Waals surface area contributed by atoms with Crippen LogP contribution in [0.25, 0.3) is 33.6 Å². The Bertz CT molecular complexity index is 2100. The highest BCUT2D eigenvalue weighted by molar-refractivity contribution is 5.87. The molecule has 56 heavy (non-hydrogen) atoms. The number of nitrogens with one attached hydrogen (secondary N) is 4. The van der Waals surface area contributed by atoms with Gasteiger partial charge in [-0.05, 0) is 60.3 Å². The molecule has 2 aromatic carbocycles. The van der Waals surface area contributed by atoms with Crippen molar-refractivity contribution in [2.45, 2.75) is 77.5 Å². The van der Waals surface area contributed by atoms with E-state index in [9.17, 15) is 24.4 Å². The minimum atomic E-state index is -0.726. The van der Waals surface area contributed by atoms with E-state index in [0.29, 0.717) is 30.3 Å². The smallest absolute Gasteiger partial charge is 0.407 e. The molecule has 4 N–H and O–H groups in total. The Morgan fingerprint density at radius 1 is 0.732 bits per heavy atom. The molecule has 0 radical (unpaired) electrons. The van der Waals surface area contributed by atoms with Crippen molar-refractivity contribution in [2.75, 3.05) is 27.3 Å². The number of hydrogen-bond donors (Lipinski definition) is 4. The van der Waals surface area contributed by atoms with Crippen LogP contribution in [0.2, 0.25) is 0 Å². The van der Waals surface area contributed by atoms with Crippen LogP contribution in [0.15, 0.2) is 54.9 Å². The largest absolute Gasteiger partial charge is 0.453 e. The molecule has 4 atom stereocenters. The molecule has 294 valence electrons. The lowest BCUT2D eigenvalue weighted by atomic mass is 9.96. The van der Waals surface area contributed by atoms with Gasteiger partial charge in [0.1, 0.15) is 23.7 Å². The van der Waals surface area contributed by atoms with Gasteiger partial charge in [-0.1, -0.05) is 64.1 Å². The molecule has 15 nitrogen and oxygen atoms in total. The van der Waals surface area contributed by atoms with E-state index >= 15 is 0 Å². The van der Waals surface area contributed by atoms with E-state index in [4.69, 9.17) is 9.47 Å². The maximum absolute atomic E-state index is 13.6. The number of benzene rings is 2. The maximum atomic E-state index is 13.6. The van der Waals surface area contributed by atoms with Crippen LogP contribution in [-0.2, 0) is 19.1 Å². The number of alkyl carbamates (subject to hydrolysis) is 2. The van der Waals surface area contributed by atoms with Gasteiger partial charge in [0, 0.05) is 18.7 Å². The van der Waals surface area contributed by atoms with Crippen LogP contribution in [0.1, 0.15) is 82.7 Å². The SMILES string of the molecule is COC(=O)NC(C(=O)N1CCC[C@H]1c1ncc(-c2ccc(-c3ccc(-c4cnc([C@@H]5CCCN5C(=O)[C@@H](NC(=O)OC)C(C)C)[nH]4)cc3)c(C#N)c2)[nH]1)C(C)C. The molecule has 2 aliphatic rings. The summed E-state index contributed by atoms with van der Waals surface area (Å²) in [6, 6.07) is 13.9. The van der Waals surface area contributed by atoms with Crippen LogP contribution in [0.3, 0.4) is 0 Å². The molecular weight excluding hydrogens is 715 g/mol. The Balaban J connectivity index is 1.15. The van der Waals surface area contributed by atoms with Gasteiger partial charge in [-0.15, -0.1) is 0 Å². The zero-order valence-corrected chi connectivity index (χ0v) is 32.6. The molecule has 2 fully saturated rings. The van der Waals surface area contributed by atoms with Crippen LogP contribution >= 0.6 is 0 Å². The van der Waals surface area contributed by atoms with E-state index in [1.807, 2.05) is 70.2 Å². The number of nitrogens with zero attached hydrogens (tertiary/aromatic N) is 5. The third kappa shape index (κ3) is 8.24. The second-order valence-electron chi connectivity index (χ2n) is 14.9. The van der Waals surface area contributed by atoms with Gasteiger partial charge in [-0.25, -0.2) is 19.6 Å². The first-order valence-electron chi connectivity index (χ1n) is 19.0. The molecule has 2 aliphatic heterocycles. The van der Waals surface area contributed by atoms with Crippen LogP contribution in [0, 0.1) is 23.2 Å². The van der Waals surface area contributed by atoms with Crippen LogP contribution < -0.4 is 10.6 Å². The summed E-state index contributed by atoms with van der Waals surface area (Å²) in [5.74, 6) is 0.721. The Hall–Kier alpha value is -6.17. The number of hydrogen-bond acceptors (Lipinski definition) is 9. The lowest BCUT2D eigenvalue weighted by Gasteiger charge is -2.30. The molecule has 4 aromatic rings. The first kappa shape index (κ1) is 39.5. The highest BCUT2D eigenvalue weighted by Gasteiger charge is 2.39. The number of H-pyrrole nitrogens is 2. The monoisotopic (exact) mass is 763 g/mol. The average Bonchev–Trinajstić information content (AvgIpc) is 4.04. The molecule has 15 heteroatoms. The van der Waals surface area contributed by atoms with Crippen molar-refractivity contribution in [1.82, 2.24) is 40.4 Å². The first-order chi connectivity index (χ1) is 26.9. The van der Waals surface area contributed by atoms with E-state index in [-0.39, 0.29) is 35.7 Å². The fraction of sp³-hybridized carbons (Fsp3) is 0.439. The molecule has 4 amide bonds. The highest BCUT2D eigenvalue weighted by Crippen LogP contribution is 2.36. The minimum Gasteiger partial charge on any atom is -0.453 e. The van der Waals surface area contributed by atoms with Crippen molar-refractivity contribution in [3.8, 4) is 39.7 Å². The van der Waals surface area contributed by atoms with Crippen molar-refractivity contribution in [2.24, 2.45) is 11.8 Å². The van der Waals surface area contributed by atoms with Gasteiger partial charge in [0.2, 0.25) is 11.8 Å². The van der Waals surface area contributed by atoms with Gasteiger partial charge >= 0.3 is 12.2 Å². The first-order valence-corrected chi connectivity index (χ1v) is 19.0. The van der Waals surface area contributed by atoms with E-state index < -0.39 is 24.3 Å². The van der Waals surface area contributed by atoms with Crippen molar-refractivity contribution in [1.29, 1.82) is 5.26 Å². The summed E-state index contributed by atoms with van der Waals surface area (Å²) in [5, 5.41) is 15.5. The van der Waals surface area contributed by atoms with Gasteiger partial charge < -0.3 is 39.9 Å². The van der Waals surface area contributed by atoms with E-state index in [2.05, 4.69) is 36.6 Å². The van der Waals surface area contributed by atoms with Crippen molar-refractivity contribution in [3.05, 3.63) is 72.1 Å². The minimum absolute atomic E-state index is 0.126. The molecule has 0 aliphatic carbocycles. The second-order valence-corrected chi connectivity index (χ2v) is 14.9. The number of ether oxygens (including phenoxy) is 2. The number of imidazole rings is 2. The molecule has 2 aromatic heterocycles. The van der Waals surface area contributed by atoms with Gasteiger partial charge in [-0.3, -0.25) is 9.59 Å². The average molecular weight is 764 g/mol. The Labute approximate surface area is 326 Å². The predicted octanol–water partition coefficient (Wildman–Crippen LogP) is 6.09. The molecule has 6 rings (SSSR count). The molecule has 0 spiro atoms. The summed E-state index contributed by atoms with van der Waals surface area (Å²) < 4.78 is 9.49. The van der Waals surface area contributed by atoms with Crippen molar-refractivity contribution in [3.63, 3.8) is 0 Å². The van der Waals surface area contributed by atoms with Gasteiger partial charge in [0.15, 0.2) is 0 Å². The Kier molecular flexibility index (Phi) is 12.1. The standard InChI is InChI=1S/C41H49N9O6/c1-23(2)34(47-40(53)55-5)38(51)49-17-7-9-32(49)36-43-21-30(45-36)26-13-11-25(12-14-26)29-16-15-27(19-28(29)20-42)31-22-44-37(46-31)33-10-8-18-50(33)39(52)35(24(3)4)48-41(54)56-6/h11-16,19,21-24,32-35H,7-10,17-18H2,1-6H3,(H,43,45)(H,44,46)(H,47,53)(H,48,54)/t32-,33-,34-,35?/m0/s1. The number of rotatable bonds is 11. The fourth-order valence-corrected chi connectivity index (χ4v) is 7.58. The number of nitriles is 1. The predicted molar refractivity (Wildman–Crippen MR) is 207 cm³/mol. The molecule has 0 saturated carbocycles. The van der Waals surface area contributed by atoms with Gasteiger partial charge in [-0.2, -0.15) is 5.26 Å². The van der Waals surface area contributed by atoms with Crippen LogP contribution in [-0.4, -0.2) is 93.1 Å². The summed E-state index contributed by atoms with van der Waals surface area (Å²) >= 11 is 0. The molecule has 4 heterocycles. The van der Waals surface area contributed by atoms with Gasteiger partial charge in [0.25, 0.3) is 0 Å². The molecule has 2 saturated heterocycles. The quantitative estimate of drug-likeness (QED) is 0.140. The molecule has 1 unspecified atom stereocenters. The lowest BCUT2D eigenvalue weighted by Crippen LogP contribution is -2.51. The summed E-state index contributed by atoms with van der Waals surface area (Å²) in [7, 11) is 2.55. The number of carbonyl (C=O) groups is 4. The fourth-order valence-electron chi connectivity index (χ4n) is 7.58. The number of carbonyl (C=O) groups excluding carboxylic acids is 4. The highest BCUT2D eigenvalue weighted by atomic mass is 16.5. The summed E-state index contributed by atoms with van der Waals surface area (Å²) in [5.41, 5.74) is 5.35. The van der Waals surface area contributed by atoms with Crippen LogP contribution in [0.4, 0.5) is 9.59 Å². The van der Waals surface area contributed by atoms with E-state index in [1.54, 1.807) is 22.2 Å². The number of aromatic amines is 2. The number of aromatic nitrogens is 4. The number of likely N-dealkylation sites (tertiary alicyclic amines) is 2. The summed E-state index contributed by atoms with van der Waals surface area (Å²) in [6.07, 6.45) is 5.29. The van der Waals surface area contributed by atoms with Crippen molar-refractivity contribution < 1.29 is 28.7 Å². The van der Waals surface area contributed by atoms with E-state index in [1.165, 1.54) is 14.2 Å². The van der Waals surface area contributed by atoms with Crippen molar-refractivity contribution >= 4 is 24.0 Å². The summed E-state index contributed by atoms with van der Waals surface area (Å²) in [4.78, 5) is 70.6. The Morgan fingerprint density at radius 3 is 1.62 bits per heavy atom. The second kappa shape index (κ2) is 17.1.